The Hall–Kier alpha value is -1.74. The molecule has 2 saturated heterocycles. The van der Waals surface area contributed by atoms with Crippen molar-refractivity contribution in [2.24, 2.45) is 5.92 Å². The van der Waals surface area contributed by atoms with Gasteiger partial charge in [0.1, 0.15) is 5.82 Å². The van der Waals surface area contributed by atoms with Gasteiger partial charge in [-0.2, -0.15) is 0 Å². The Morgan fingerprint density at radius 1 is 1.26 bits per heavy atom. The van der Waals surface area contributed by atoms with Gasteiger partial charge in [0.25, 0.3) is 5.91 Å². The van der Waals surface area contributed by atoms with E-state index in [1.165, 1.54) is 25.3 Å². The molecular formula is C20H22FIN4O. The highest BCUT2D eigenvalue weighted by Crippen LogP contribution is 2.29. The van der Waals surface area contributed by atoms with Gasteiger partial charge in [0.2, 0.25) is 0 Å². The van der Waals surface area contributed by atoms with Gasteiger partial charge in [-0.05, 0) is 66.2 Å². The summed E-state index contributed by atoms with van der Waals surface area (Å²) in [5.41, 5.74) is 1.39. The number of carbonyl (C=O) groups excluding carboxylic acids is 1. The summed E-state index contributed by atoms with van der Waals surface area (Å²) in [6.45, 7) is 2.63. The molecule has 27 heavy (non-hydrogen) atoms. The van der Waals surface area contributed by atoms with Gasteiger partial charge in [-0.25, -0.2) is 4.39 Å². The molecule has 0 radical (unpaired) electrons. The van der Waals surface area contributed by atoms with Gasteiger partial charge in [-0.15, -0.1) is 0 Å². The maximum atomic E-state index is 14.2. The van der Waals surface area contributed by atoms with E-state index in [1.54, 1.807) is 24.5 Å². The predicted octanol–water partition coefficient (Wildman–Crippen LogP) is 3.78. The quantitative estimate of drug-likeness (QED) is 0.655. The fraction of sp³-hybridized carbons (Fsp3) is 0.400. The second-order valence-electron chi connectivity index (χ2n) is 7.20. The molecule has 0 spiro atoms. The monoisotopic (exact) mass is 480 g/mol. The first kappa shape index (κ1) is 18.6. The molecule has 3 heterocycles. The number of benzene rings is 1. The second kappa shape index (κ2) is 8.10. The molecular weight excluding hydrogens is 458 g/mol. The Morgan fingerprint density at radius 2 is 2.11 bits per heavy atom. The van der Waals surface area contributed by atoms with Crippen LogP contribution in [0.25, 0.3) is 0 Å². The number of likely N-dealkylation sites (tertiary alicyclic amines) is 1. The van der Waals surface area contributed by atoms with E-state index in [1.807, 2.05) is 11.0 Å². The number of amides is 1. The summed E-state index contributed by atoms with van der Waals surface area (Å²) in [6.07, 6.45) is 6.88. The number of anilines is 2. The van der Waals surface area contributed by atoms with Crippen molar-refractivity contribution >= 4 is 39.9 Å². The number of piperidine rings is 1. The van der Waals surface area contributed by atoms with Crippen LogP contribution in [0.4, 0.5) is 15.8 Å². The van der Waals surface area contributed by atoms with Crippen molar-refractivity contribution < 1.29 is 9.18 Å². The number of aromatic nitrogens is 1. The number of carbonyl (C=O) groups is 1. The Morgan fingerprint density at radius 3 is 2.85 bits per heavy atom. The molecule has 1 atom stereocenters. The lowest BCUT2D eigenvalue weighted by Crippen LogP contribution is -2.58. The molecule has 1 aromatic heterocycles. The summed E-state index contributed by atoms with van der Waals surface area (Å²) < 4.78 is 15.0. The molecule has 2 aliphatic heterocycles. The minimum Gasteiger partial charge on any atom is -0.351 e. The molecule has 0 aliphatic carbocycles. The molecule has 0 saturated carbocycles. The van der Waals surface area contributed by atoms with E-state index in [0.717, 1.165) is 23.2 Å². The first-order chi connectivity index (χ1) is 13.1. The van der Waals surface area contributed by atoms with Crippen molar-refractivity contribution in [3.63, 3.8) is 0 Å². The second-order valence-corrected chi connectivity index (χ2v) is 8.44. The van der Waals surface area contributed by atoms with Gasteiger partial charge < -0.3 is 15.5 Å². The summed E-state index contributed by atoms with van der Waals surface area (Å²) >= 11 is 2.07. The first-order valence-corrected chi connectivity index (χ1v) is 10.4. The Bertz CT molecular complexity index is 834. The fourth-order valence-corrected chi connectivity index (χ4v) is 4.25. The average Bonchev–Trinajstić information content (AvgIpc) is 2.64. The molecule has 1 aromatic carbocycles. The van der Waals surface area contributed by atoms with Crippen molar-refractivity contribution in [2.45, 2.75) is 25.3 Å². The summed E-state index contributed by atoms with van der Waals surface area (Å²) in [4.78, 5) is 18.9. The van der Waals surface area contributed by atoms with Gasteiger partial charge in [0.15, 0.2) is 0 Å². The van der Waals surface area contributed by atoms with Crippen molar-refractivity contribution in [1.82, 2.24) is 15.2 Å². The molecule has 7 heteroatoms. The minimum atomic E-state index is -0.350. The number of halogens is 2. The summed E-state index contributed by atoms with van der Waals surface area (Å²) in [5, 5.41) is 6.60. The SMILES string of the molecule is O=C(c1ccncc1Nc1ccc(I)cc1F)N1CC([C@@H]2CCCCN2)C1. The van der Waals surface area contributed by atoms with Crippen molar-refractivity contribution in [2.75, 3.05) is 25.0 Å². The van der Waals surface area contributed by atoms with E-state index in [9.17, 15) is 9.18 Å². The van der Waals surface area contributed by atoms with E-state index in [0.29, 0.717) is 28.9 Å². The fourth-order valence-electron chi connectivity index (χ4n) is 3.80. The highest BCUT2D eigenvalue weighted by Gasteiger charge is 2.37. The molecule has 2 aromatic rings. The highest BCUT2D eigenvalue weighted by atomic mass is 127. The van der Waals surface area contributed by atoms with E-state index >= 15 is 0 Å². The van der Waals surface area contributed by atoms with Crippen molar-refractivity contribution in [3.8, 4) is 0 Å². The topological polar surface area (TPSA) is 57.3 Å². The third-order valence-corrected chi connectivity index (χ3v) is 6.04. The van der Waals surface area contributed by atoms with E-state index in [-0.39, 0.29) is 11.7 Å². The number of pyridine rings is 1. The average molecular weight is 480 g/mol. The summed E-state index contributed by atoms with van der Waals surface area (Å²) in [5.74, 6) is 0.149. The molecule has 0 unspecified atom stereocenters. The van der Waals surface area contributed by atoms with Gasteiger partial charge in [0, 0.05) is 34.8 Å². The number of hydrogen-bond acceptors (Lipinski definition) is 4. The highest BCUT2D eigenvalue weighted by molar-refractivity contribution is 14.1. The molecule has 2 N–H and O–H groups in total. The Balaban J connectivity index is 1.45. The minimum absolute atomic E-state index is 0.0297. The molecule has 1 amide bonds. The van der Waals surface area contributed by atoms with Crippen LogP contribution in [0.15, 0.2) is 36.7 Å². The van der Waals surface area contributed by atoms with Crippen LogP contribution in [-0.2, 0) is 0 Å². The summed E-state index contributed by atoms with van der Waals surface area (Å²) in [7, 11) is 0. The molecule has 142 valence electrons. The maximum absolute atomic E-state index is 14.2. The van der Waals surface area contributed by atoms with Crippen LogP contribution in [0.3, 0.4) is 0 Å². The van der Waals surface area contributed by atoms with Crippen LogP contribution in [-0.4, -0.2) is 41.5 Å². The Kier molecular flexibility index (Phi) is 5.58. The molecule has 5 nitrogen and oxygen atoms in total. The normalized spacial score (nSPS) is 20.2. The third-order valence-electron chi connectivity index (χ3n) is 5.37. The lowest BCUT2D eigenvalue weighted by Gasteiger charge is -2.45. The van der Waals surface area contributed by atoms with E-state index in [4.69, 9.17) is 0 Å². The lowest BCUT2D eigenvalue weighted by atomic mass is 9.86. The van der Waals surface area contributed by atoms with Crippen LogP contribution >= 0.6 is 22.6 Å². The number of nitrogens with one attached hydrogen (secondary N) is 2. The predicted molar refractivity (Wildman–Crippen MR) is 112 cm³/mol. The standard InChI is InChI=1S/C20H22FIN4O/c21-16-9-14(22)4-5-18(16)25-19-10-23-8-6-15(19)20(27)26-11-13(12-26)17-3-1-2-7-24-17/h4-6,8-10,13,17,24-25H,1-3,7,11-12H2/t17-/m0/s1. The smallest absolute Gasteiger partial charge is 0.256 e. The van der Waals surface area contributed by atoms with Gasteiger partial charge in [0.05, 0.1) is 23.1 Å². The van der Waals surface area contributed by atoms with E-state index in [2.05, 4.69) is 38.2 Å². The van der Waals surface area contributed by atoms with E-state index < -0.39 is 0 Å². The van der Waals surface area contributed by atoms with Gasteiger partial charge in [-0.3, -0.25) is 9.78 Å². The zero-order valence-corrected chi connectivity index (χ0v) is 17.1. The lowest BCUT2D eigenvalue weighted by molar-refractivity contribution is 0.0393. The van der Waals surface area contributed by atoms with Crippen molar-refractivity contribution in [3.05, 3.63) is 51.6 Å². The van der Waals surface area contributed by atoms with Crippen LogP contribution in [0.2, 0.25) is 0 Å². The molecule has 2 fully saturated rings. The molecule has 0 bridgehead atoms. The number of hydrogen-bond donors (Lipinski definition) is 2. The summed E-state index contributed by atoms with van der Waals surface area (Å²) in [6, 6.07) is 7.17. The largest absolute Gasteiger partial charge is 0.351 e. The van der Waals surface area contributed by atoms with Gasteiger partial charge in [-0.1, -0.05) is 6.42 Å². The van der Waals surface area contributed by atoms with Crippen LogP contribution in [0.1, 0.15) is 29.6 Å². The zero-order valence-electron chi connectivity index (χ0n) is 14.9. The zero-order chi connectivity index (χ0) is 18.8. The maximum Gasteiger partial charge on any atom is 0.256 e. The molecule has 4 rings (SSSR count). The Labute approximate surface area is 171 Å². The van der Waals surface area contributed by atoms with Gasteiger partial charge >= 0.3 is 0 Å². The van der Waals surface area contributed by atoms with Crippen molar-refractivity contribution in [1.29, 1.82) is 0 Å². The van der Waals surface area contributed by atoms with Crippen LogP contribution in [0.5, 0.6) is 0 Å². The molecule has 2 aliphatic rings. The first-order valence-electron chi connectivity index (χ1n) is 9.30. The third kappa shape index (κ3) is 4.08. The number of nitrogens with zero attached hydrogens (tertiary/aromatic N) is 2. The van der Waals surface area contributed by atoms with Crippen LogP contribution in [0, 0.1) is 15.3 Å². The number of rotatable bonds is 4. The van der Waals surface area contributed by atoms with Crippen LogP contribution < -0.4 is 10.6 Å².